The predicted octanol–water partition coefficient (Wildman–Crippen LogP) is -0.131. The van der Waals surface area contributed by atoms with E-state index in [4.69, 9.17) is 4.74 Å². The first kappa shape index (κ1) is 13.8. The summed E-state index contributed by atoms with van der Waals surface area (Å²) < 4.78 is 5.49. The summed E-state index contributed by atoms with van der Waals surface area (Å²) in [4.78, 5) is 12.1. The van der Waals surface area contributed by atoms with E-state index in [0.717, 1.165) is 26.2 Å². The topological polar surface area (TPSA) is 62.4 Å². The van der Waals surface area contributed by atoms with Gasteiger partial charge in [-0.25, -0.2) is 0 Å². The van der Waals surface area contributed by atoms with Gasteiger partial charge in [-0.05, 0) is 31.7 Å². The van der Waals surface area contributed by atoms with Gasteiger partial charge in [0.25, 0.3) is 0 Å². The Balaban J connectivity index is 1.80. The minimum atomic E-state index is -0.209. The lowest BCUT2D eigenvalue weighted by molar-refractivity contribution is -0.129. The minimum Gasteiger partial charge on any atom is -0.375 e. The number of carbonyl (C=O) groups is 1. The standard InChI is InChI=1S/C13H25N3O2/c1-10-11(15-6-7-18-10)12(17)16-9-13(2)4-3-5-14-8-13/h10-11,14-15H,3-9H2,1-2H3,(H,16,17)/t10-,11+,13?/m1/s1. The van der Waals surface area contributed by atoms with Gasteiger partial charge in [0, 0.05) is 19.6 Å². The van der Waals surface area contributed by atoms with Crippen LogP contribution in [-0.2, 0) is 9.53 Å². The second kappa shape index (κ2) is 5.99. The largest absolute Gasteiger partial charge is 0.375 e. The fourth-order valence-electron chi connectivity index (χ4n) is 2.71. The van der Waals surface area contributed by atoms with E-state index in [2.05, 4.69) is 22.9 Å². The molecule has 1 unspecified atom stereocenters. The van der Waals surface area contributed by atoms with Crippen LogP contribution in [-0.4, -0.2) is 50.8 Å². The third-order valence-electron chi connectivity index (χ3n) is 3.97. The molecule has 0 spiro atoms. The normalized spacial score (nSPS) is 37.2. The summed E-state index contributed by atoms with van der Waals surface area (Å²) in [5.74, 6) is 0.0639. The molecule has 104 valence electrons. The highest BCUT2D eigenvalue weighted by atomic mass is 16.5. The van der Waals surface area contributed by atoms with Gasteiger partial charge >= 0.3 is 0 Å². The summed E-state index contributed by atoms with van der Waals surface area (Å²) in [5.41, 5.74) is 0.187. The van der Waals surface area contributed by atoms with Crippen molar-refractivity contribution in [2.45, 2.75) is 38.8 Å². The van der Waals surface area contributed by atoms with Crippen molar-refractivity contribution in [1.29, 1.82) is 0 Å². The van der Waals surface area contributed by atoms with Crippen molar-refractivity contribution in [3.8, 4) is 0 Å². The minimum absolute atomic E-state index is 0.0453. The van der Waals surface area contributed by atoms with E-state index >= 15 is 0 Å². The van der Waals surface area contributed by atoms with Gasteiger partial charge in [-0.15, -0.1) is 0 Å². The molecule has 0 aromatic carbocycles. The molecule has 2 aliphatic rings. The van der Waals surface area contributed by atoms with Gasteiger partial charge in [0.1, 0.15) is 6.04 Å². The number of rotatable bonds is 3. The Morgan fingerprint density at radius 3 is 3.00 bits per heavy atom. The third-order valence-corrected chi connectivity index (χ3v) is 3.97. The van der Waals surface area contributed by atoms with Crippen molar-refractivity contribution in [3.05, 3.63) is 0 Å². The number of piperidine rings is 1. The van der Waals surface area contributed by atoms with E-state index in [1.165, 1.54) is 12.8 Å². The van der Waals surface area contributed by atoms with E-state index in [9.17, 15) is 4.79 Å². The fraction of sp³-hybridized carbons (Fsp3) is 0.923. The lowest BCUT2D eigenvalue weighted by Gasteiger charge is -2.35. The number of hydrogen-bond donors (Lipinski definition) is 3. The van der Waals surface area contributed by atoms with Gasteiger partial charge in [-0.1, -0.05) is 6.92 Å². The maximum atomic E-state index is 12.1. The lowest BCUT2D eigenvalue weighted by atomic mass is 9.82. The zero-order valence-electron chi connectivity index (χ0n) is 11.4. The Bertz CT molecular complexity index is 290. The van der Waals surface area contributed by atoms with E-state index in [1.54, 1.807) is 0 Å². The summed E-state index contributed by atoms with van der Waals surface area (Å²) >= 11 is 0. The van der Waals surface area contributed by atoms with Crippen molar-refractivity contribution < 1.29 is 9.53 Å². The first-order valence-corrected chi connectivity index (χ1v) is 6.94. The fourth-order valence-corrected chi connectivity index (χ4v) is 2.71. The van der Waals surface area contributed by atoms with Gasteiger partial charge in [0.15, 0.2) is 0 Å². The average molecular weight is 255 g/mol. The Morgan fingerprint density at radius 2 is 2.33 bits per heavy atom. The van der Waals surface area contributed by atoms with Crippen LogP contribution in [0.3, 0.4) is 0 Å². The van der Waals surface area contributed by atoms with Crippen LogP contribution in [0.4, 0.5) is 0 Å². The average Bonchev–Trinajstić information content (AvgIpc) is 2.38. The Hall–Kier alpha value is -0.650. The van der Waals surface area contributed by atoms with Crippen LogP contribution in [0, 0.1) is 5.41 Å². The predicted molar refractivity (Wildman–Crippen MR) is 70.4 cm³/mol. The first-order chi connectivity index (χ1) is 8.61. The molecule has 18 heavy (non-hydrogen) atoms. The van der Waals surface area contributed by atoms with Crippen LogP contribution < -0.4 is 16.0 Å². The van der Waals surface area contributed by atoms with Crippen LogP contribution in [0.2, 0.25) is 0 Å². The number of amides is 1. The van der Waals surface area contributed by atoms with Gasteiger partial charge in [0.2, 0.25) is 5.91 Å². The highest BCUT2D eigenvalue weighted by Gasteiger charge is 2.31. The van der Waals surface area contributed by atoms with Crippen molar-refractivity contribution in [2.75, 3.05) is 32.8 Å². The van der Waals surface area contributed by atoms with E-state index < -0.39 is 0 Å². The molecule has 5 nitrogen and oxygen atoms in total. The van der Waals surface area contributed by atoms with Gasteiger partial charge < -0.3 is 20.7 Å². The second-order valence-electron chi connectivity index (χ2n) is 5.82. The van der Waals surface area contributed by atoms with Crippen LogP contribution in [0.25, 0.3) is 0 Å². The Labute approximate surface area is 109 Å². The molecular formula is C13H25N3O2. The molecule has 2 aliphatic heterocycles. The highest BCUT2D eigenvalue weighted by Crippen LogP contribution is 2.24. The molecule has 0 radical (unpaired) electrons. The molecule has 3 N–H and O–H groups in total. The highest BCUT2D eigenvalue weighted by molar-refractivity contribution is 5.82. The number of hydrogen-bond acceptors (Lipinski definition) is 4. The SMILES string of the molecule is C[C@H]1OCCN[C@@H]1C(=O)NCC1(C)CCCNC1. The van der Waals surface area contributed by atoms with E-state index in [0.29, 0.717) is 6.61 Å². The molecule has 0 aromatic heterocycles. The van der Waals surface area contributed by atoms with Gasteiger partial charge in [-0.3, -0.25) is 4.79 Å². The molecule has 2 heterocycles. The van der Waals surface area contributed by atoms with Crippen molar-refractivity contribution in [3.63, 3.8) is 0 Å². The number of carbonyl (C=O) groups excluding carboxylic acids is 1. The van der Waals surface area contributed by atoms with Gasteiger partial charge in [-0.2, -0.15) is 0 Å². The molecule has 0 aromatic rings. The van der Waals surface area contributed by atoms with Gasteiger partial charge in [0.05, 0.1) is 12.7 Å². The summed E-state index contributed by atoms with van der Waals surface area (Å²) in [5, 5.41) is 9.68. The molecule has 2 fully saturated rings. The zero-order valence-corrected chi connectivity index (χ0v) is 11.4. The molecule has 0 bridgehead atoms. The number of morpholine rings is 1. The maximum Gasteiger partial charge on any atom is 0.239 e. The molecule has 0 saturated carbocycles. The van der Waals surface area contributed by atoms with Crippen molar-refractivity contribution in [1.82, 2.24) is 16.0 Å². The smallest absolute Gasteiger partial charge is 0.239 e. The summed E-state index contributed by atoms with van der Waals surface area (Å²) in [6.45, 7) is 8.43. The third kappa shape index (κ3) is 3.43. The van der Waals surface area contributed by atoms with E-state index in [-0.39, 0.29) is 23.5 Å². The first-order valence-electron chi connectivity index (χ1n) is 6.94. The zero-order chi connectivity index (χ0) is 13.0. The monoisotopic (exact) mass is 255 g/mol. The quantitative estimate of drug-likeness (QED) is 0.657. The summed E-state index contributed by atoms with van der Waals surface area (Å²) in [7, 11) is 0. The molecule has 0 aliphatic carbocycles. The number of ether oxygens (including phenoxy) is 1. The second-order valence-corrected chi connectivity index (χ2v) is 5.82. The van der Waals surface area contributed by atoms with Crippen LogP contribution in [0.1, 0.15) is 26.7 Å². The molecule has 2 saturated heterocycles. The molecular weight excluding hydrogens is 230 g/mol. The van der Waals surface area contributed by atoms with Crippen LogP contribution in [0.5, 0.6) is 0 Å². The van der Waals surface area contributed by atoms with Crippen LogP contribution in [0.15, 0.2) is 0 Å². The summed E-state index contributed by atoms with van der Waals surface area (Å²) in [6.07, 6.45) is 2.31. The lowest BCUT2D eigenvalue weighted by Crippen LogP contribution is -2.57. The van der Waals surface area contributed by atoms with Crippen molar-refractivity contribution >= 4 is 5.91 Å². The summed E-state index contributed by atoms with van der Waals surface area (Å²) in [6, 6.07) is -0.209. The molecule has 1 amide bonds. The maximum absolute atomic E-state index is 12.1. The molecule has 3 atom stereocenters. The van der Waals surface area contributed by atoms with E-state index in [1.807, 2.05) is 6.92 Å². The molecule has 2 rings (SSSR count). The Kier molecular flexibility index (Phi) is 4.59. The Morgan fingerprint density at radius 1 is 1.50 bits per heavy atom. The van der Waals surface area contributed by atoms with Crippen LogP contribution >= 0.6 is 0 Å². The number of nitrogens with one attached hydrogen (secondary N) is 3. The molecule has 5 heteroatoms. The van der Waals surface area contributed by atoms with Crippen molar-refractivity contribution in [2.24, 2.45) is 5.41 Å².